The number of benzene rings is 1. The van der Waals surface area contributed by atoms with Crippen molar-refractivity contribution in [1.29, 1.82) is 0 Å². The van der Waals surface area contributed by atoms with E-state index < -0.39 is 0 Å². The van der Waals surface area contributed by atoms with Crippen molar-refractivity contribution in [2.24, 2.45) is 0 Å². The van der Waals surface area contributed by atoms with Crippen LogP contribution in [-0.2, 0) is 4.79 Å². The van der Waals surface area contributed by atoms with Crippen LogP contribution in [0.25, 0.3) is 6.08 Å². The van der Waals surface area contributed by atoms with Gasteiger partial charge in [-0.15, -0.1) is 0 Å². The van der Waals surface area contributed by atoms with Crippen LogP contribution in [0.2, 0.25) is 0 Å². The van der Waals surface area contributed by atoms with Crippen LogP contribution in [0.1, 0.15) is 45.1 Å². The summed E-state index contributed by atoms with van der Waals surface area (Å²) in [6.07, 6.45) is 7.85. The third kappa shape index (κ3) is 3.69. The highest BCUT2D eigenvalue weighted by atomic mass is 19.1. The number of hydrogen-bond acceptors (Lipinski definition) is 1. The van der Waals surface area contributed by atoms with Gasteiger partial charge in [-0.2, -0.15) is 0 Å². The van der Waals surface area contributed by atoms with Gasteiger partial charge >= 0.3 is 0 Å². The smallest absolute Gasteiger partial charge is 0.247 e. The van der Waals surface area contributed by atoms with Gasteiger partial charge in [0.15, 0.2) is 0 Å². The zero-order chi connectivity index (χ0) is 14.5. The first-order chi connectivity index (χ1) is 9.58. The molecule has 0 aliphatic heterocycles. The van der Waals surface area contributed by atoms with Crippen molar-refractivity contribution in [2.75, 3.05) is 0 Å². The average molecular weight is 275 g/mol. The first-order valence-corrected chi connectivity index (χ1v) is 7.34. The molecule has 1 aliphatic rings. The van der Waals surface area contributed by atoms with Crippen molar-refractivity contribution in [3.05, 3.63) is 41.7 Å². The standard InChI is InChI=1S/C17H22FNO/c1-13(2)19(16-8-3-4-9-16)17(20)11-10-14-6-5-7-15(18)12-14/h5-7,10-13,16H,3-4,8-9H2,1-2H3/b11-10+. The van der Waals surface area contributed by atoms with E-state index in [1.165, 1.54) is 25.0 Å². The van der Waals surface area contributed by atoms with Crippen molar-refractivity contribution in [3.8, 4) is 0 Å². The number of amides is 1. The Kier molecular flexibility index (Phi) is 4.94. The van der Waals surface area contributed by atoms with Crippen LogP contribution >= 0.6 is 0 Å². The number of nitrogens with zero attached hydrogens (tertiary/aromatic N) is 1. The molecular weight excluding hydrogens is 253 g/mol. The summed E-state index contributed by atoms with van der Waals surface area (Å²) in [6.45, 7) is 4.10. The van der Waals surface area contributed by atoms with Crippen LogP contribution < -0.4 is 0 Å². The molecule has 0 heterocycles. The minimum absolute atomic E-state index is 0.0242. The van der Waals surface area contributed by atoms with E-state index in [-0.39, 0.29) is 17.8 Å². The van der Waals surface area contributed by atoms with Crippen LogP contribution in [0.15, 0.2) is 30.3 Å². The lowest BCUT2D eigenvalue weighted by molar-refractivity contribution is -0.130. The Hall–Kier alpha value is -1.64. The van der Waals surface area contributed by atoms with Crippen molar-refractivity contribution in [3.63, 3.8) is 0 Å². The SMILES string of the molecule is CC(C)N(C(=O)/C=C/c1cccc(F)c1)C1CCCC1. The molecule has 20 heavy (non-hydrogen) atoms. The molecule has 1 aromatic carbocycles. The average Bonchev–Trinajstić information content (AvgIpc) is 2.90. The molecule has 0 spiro atoms. The van der Waals surface area contributed by atoms with Crippen molar-refractivity contribution < 1.29 is 9.18 Å². The maximum atomic E-state index is 13.1. The molecule has 108 valence electrons. The quantitative estimate of drug-likeness (QED) is 0.760. The maximum Gasteiger partial charge on any atom is 0.247 e. The Balaban J connectivity index is 2.08. The summed E-state index contributed by atoms with van der Waals surface area (Å²) in [6, 6.07) is 6.83. The van der Waals surface area contributed by atoms with Crippen LogP contribution in [0, 0.1) is 5.82 Å². The van der Waals surface area contributed by atoms with Crippen LogP contribution in [-0.4, -0.2) is 22.9 Å². The molecule has 0 N–H and O–H groups in total. The van der Waals surface area contributed by atoms with E-state index in [9.17, 15) is 9.18 Å². The fourth-order valence-electron chi connectivity index (χ4n) is 2.90. The normalized spacial score (nSPS) is 16.2. The minimum atomic E-state index is -0.281. The lowest BCUT2D eigenvalue weighted by Crippen LogP contribution is -2.42. The molecule has 1 amide bonds. The van der Waals surface area contributed by atoms with E-state index in [2.05, 4.69) is 0 Å². The summed E-state index contributed by atoms with van der Waals surface area (Å²) >= 11 is 0. The molecule has 0 unspecified atom stereocenters. The molecule has 1 aliphatic carbocycles. The molecule has 0 atom stereocenters. The van der Waals surface area contributed by atoms with Gasteiger partial charge in [0, 0.05) is 18.2 Å². The summed E-state index contributed by atoms with van der Waals surface area (Å²) in [5.74, 6) is -0.257. The number of rotatable bonds is 4. The third-order valence-electron chi connectivity index (χ3n) is 3.80. The lowest BCUT2D eigenvalue weighted by Gasteiger charge is -2.31. The van der Waals surface area contributed by atoms with E-state index in [1.807, 2.05) is 18.7 Å². The molecule has 1 saturated carbocycles. The van der Waals surface area contributed by atoms with Crippen LogP contribution in [0.5, 0.6) is 0 Å². The van der Waals surface area contributed by atoms with Gasteiger partial charge in [0.1, 0.15) is 5.82 Å². The molecule has 2 rings (SSSR count). The second-order valence-corrected chi connectivity index (χ2v) is 5.67. The molecule has 2 nitrogen and oxygen atoms in total. The van der Waals surface area contributed by atoms with Crippen LogP contribution in [0.3, 0.4) is 0 Å². The molecule has 0 radical (unpaired) electrons. The largest absolute Gasteiger partial charge is 0.334 e. The molecule has 1 fully saturated rings. The Labute approximate surface area is 120 Å². The molecule has 1 aromatic rings. The van der Waals surface area contributed by atoms with Gasteiger partial charge < -0.3 is 4.90 Å². The molecular formula is C17H22FNO. The number of carbonyl (C=O) groups excluding carboxylic acids is 1. The number of halogens is 1. The van der Waals surface area contributed by atoms with Gasteiger partial charge in [-0.25, -0.2) is 4.39 Å². The fourth-order valence-corrected chi connectivity index (χ4v) is 2.90. The van der Waals surface area contributed by atoms with Crippen LogP contribution in [0.4, 0.5) is 4.39 Å². The van der Waals surface area contributed by atoms with Gasteiger partial charge in [-0.05, 0) is 50.5 Å². The highest BCUT2D eigenvalue weighted by Crippen LogP contribution is 2.25. The highest BCUT2D eigenvalue weighted by Gasteiger charge is 2.27. The zero-order valence-electron chi connectivity index (χ0n) is 12.2. The van der Waals surface area contributed by atoms with E-state index in [1.54, 1.807) is 24.3 Å². The topological polar surface area (TPSA) is 20.3 Å². The second kappa shape index (κ2) is 6.69. The predicted molar refractivity (Wildman–Crippen MR) is 79.7 cm³/mol. The Morgan fingerprint density at radius 1 is 1.35 bits per heavy atom. The van der Waals surface area contributed by atoms with Gasteiger partial charge in [-0.3, -0.25) is 4.79 Å². The first-order valence-electron chi connectivity index (χ1n) is 7.34. The Bertz CT molecular complexity index is 490. The van der Waals surface area contributed by atoms with Crippen molar-refractivity contribution in [2.45, 2.75) is 51.6 Å². The van der Waals surface area contributed by atoms with Gasteiger partial charge in [-0.1, -0.05) is 25.0 Å². The van der Waals surface area contributed by atoms with Crippen molar-refractivity contribution >= 4 is 12.0 Å². The zero-order valence-corrected chi connectivity index (χ0v) is 12.2. The van der Waals surface area contributed by atoms with Gasteiger partial charge in [0.05, 0.1) is 0 Å². The molecule has 0 bridgehead atoms. The molecule has 0 saturated heterocycles. The predicted octanol–water partition coefficient (Wildman–Crippen LogP) is 4.02. The van der Waals surface area contributed by atoms with E-state index >= 15 is 0 Å². The fraction of sp³-hybridized carbons (Fsp3) is 0.471. The second-order valence-electron chi connectivity index (χ2n) is 5.67. The monoisotopic (exact) mass is 275 g/mol. The summed E-state index contributed by atoms with van der Waals surface area (Å²) in [5.41, 5.74) is 0.716. The van der Waals surface area contributed by atoms with E-state index in [4.69, 9.17) is 0 Å². The summed E-state index contributed by atoms with van der Waals surface area (Å²) < 4.78 is 13.1. The minimum Gasteiger partial charge on any atom is -0.334 e. The van der Waals surface area contributed by atoms with Crippen molar-refractivity contribution in [1.82, 2.24) is 4.90 Å². The lowest BCUT2D eigenvalue weighted by atomic mass is 10.1. The Morgan fingerprint density at radius 2 is 2.05 bits per heavy atom. The number of hydrogen-bond donors (Lipinski definition) is 0. The summed E-state index contributed by atoms with van der Waals surface area (Å²) in [4.78, 5) is 14.3. The molecule has 3 heteroatoms. The summed E-state index contributed by atoms with van der Waals surface area (Å²) in [5, 5.41) is 0. The summed E-state index contributed by atoms with van der Waals surface area (Å²) in [7, 11) is 0. The molecule has 0 aromatic heterocycles. The van der Waals surface area contributed by atoms with E-state index in [0.29, 0.717) is 11.6 Å². The van der Waals surface area contributed by atoms with Gasteiger partial charge in [0.2, 0.25) is 5.91 Å². The van der Waals surface area contributed by atoms with Gasteiger partial charge in [0.25, 0.3) is 0 Å². The third-order valence-corrected chi connectivity index (χ3v) is 3.80. The van der Waals surface area contributed by atoms with E-state index in [0.717, 1.165) is 12.8 Å². The first kappa shape index (κ1) is 14.8. The Morgan fingerprint density at radius 3 is 2.65 bits per heavy atom. The maximum absolute atomic E-state index is 13.1. The number of carbonyl (C=O) groups is 1. The highest BCUT2D eigenvalue weighted by molar-refractivity contribution is 5.92.